The van der Waals surface area contributed by atoms with Crippen LogP contribution in [0.15, 0.2) is 48.5 Å². The van der Waals surface area contributed by atoms with Crippen LogP contribution in [0.5, 0.6) is 5.75 Å². The first kappa shape index (κ1) is 16.7. The van der Waals surface area contributed by atoms with E-state index in [1.165, 1.54) is 5.39 Å². The molecule has 0 atom stereocenters. The van der Waals surface area contributed by atoms with E-state index in [1.807, 2.05) is 31.2 Å². The number of ether oxygens (including phenoxy) is 2. The van der Waals surface area contributed by atoms with Crippen molar-refractivity contribution in [3.8, 4) is 16.9 Å². The number of carbonyl (C=O) groups excluding carboxylic acids is 2. The van der Waals surface area contributed by atoms with Gasteiger partial charge in [0, 0.05) is 0 Å². The molecule has 0 aliphatic rings. The van der Waals surface area contributed by atoms with Crippen LogP contribution in [0.1, 0.15) is 21.5 Å². The van der Waals surface area contributed by atoms with Crippen molar-refractivity contribution in [3.05, 3.63) is 65.2 Å². The van der Waals surface area contributed by atoms with Gasteiger partial charge in [-0.3, -0.25) is 4.79 Å². The van der Waals surface area contributed by atoms with Crippen LogP contribution in [0.25, 0.3) is 21.9 Å². The summed E-state index contributed by atoms with van der Waals surface area (Å²) < 4.78 is 9.79. The summed E-state index contributed by atoms with van der Waals surface area (Å²) in [6.45, 7) is 4.25. The zero-order valence-corrected chi connectivity index (χ0v) is 14.3. The Bertz CT molecular complexity index is 956. The fourth-order valence-electron chi connectivity index (χ4n) is 3.01. The maximum Gasteiger partial charge on any atom is 0.345 e. The van der Waals surface area contributed by atoms with Gasteiger partial charge in [-0.15, -0.1) is 0 Å². The van der Waals surface area contributed by atoms with E-state index in [1.54, 1.807) is 19.2 Å². The van der Waals surface area contributed by atoms with Gasteiger partial charge in [-0.05, 0) is 71.1 Å². The van der Waals surface area contributed by atoms with Gasteiger partial charge in [0.1, 0.15) is 5.75 Å². The quantitative estimate of drug-likeness (QED) is 0.402. The molecule has 0 N–H and O–H groups in total. The molecule has 126 valence electrons. The van der Waals surface area contributed by atoms with Crippen molar-refractivity contribution in [1.29, 1.82) is 0 Å². The number of rotatable bonds is 4. The number of methoxy groups -OCH3 is 1. The molecular weight excluding hydrogens is 316 g/mol. The fourth-order valence-corrected chi connectivity index (χ4v) is 3.01. The monoisotopic (exact) mass is 334 g/mol. The summed E-state index contributed by atoms with van der Waals surface area (Å²) in [5, 5.41) is 2.33. The minimum Gasteiger partial charge on any atom is -0.496 e. The van der Waals surface area contributed by atoms with Crippen molar-refractivity contribution in [2.45, 2.75) is 13.8 Å². The molecule has 0 saturated carbocycles. The molecule has 0 amide bonds. The van der Waals surface area contributed by atoms with E-state index in [0.29, 0.717) is 5.56 Å². The Morgan fingerprint density at radius 3 is 2.24 bits per heavy atom. The van der Waals surface area contributed by atoms with Crippen molar-refractivity contribution < 1.29 is 19.1 Å². The van der Waals surface area contributed by atoms with Crippen LogP contribution < -0.4 is 4.74 Å². The molecule has 25 heavy (non-hydrogen) atoms. The number of aryl methyl sites for hydroxylation is 2. The molecule has 0 radical (unpaired) electrons. The highest BCUT2D eigenvalue weighted by Gasteiger charge is 2.10. The van der Waals surface area contributed by atoms with Crippen LogP contribution in [-0.4, -0.2) is 19.6 Å². The number of benzene rings is 3. The van der Waals surface area contributed by atoms with E-state index >= 15 is 0 Å². The molecule has 0 aliphatic carbocycles. The third-order valence-electron chi connectivity index (χ3n) is 4.39. The summed E-state index contributed by atoms with van der Waals surface area (Å²) in [6, 6.07) is 15.3. The molecule has 3 rings (SSSR count). The van der Waals surface area contributed by atoms with Crippen LogP contribution in [0.3, 0.4) is 0 Å². The second-order valence-electron chi connectivity index (χ2n) is 5.86. The van der Waals surface area contributed by atoms with Gasteiger partial charge in [-0.2, -0.15) is 0 Å². The van der Waals surface area contributed by atoms with E-state index in [-0.39, 0.29) is 6.47 Å². The van der Waals surface area contributed by atoms with Gasteiger partial charge >= 0.3 is 12.4 Å². The topological polar surface area (TPSA) is 52.6 Å². The summed E-state index contributed by atoms with van der Waals surface area (Å²) in [5.41, 5.74) is 4.63. The minimum absolute atomic E-state index is 0.138. The Kier molecular flexibility index (Phi) is 4.52. The molecule has 0 unspecified atom stereocenters. The Morgan fingerprint density at radius 1 is 0.920 bits per heavy atom. The van der Waals surface area contributed by atoms with Gasteiger partial charge in [0.05, 0.1) is 12.7 Å². The minimum atomic E-state index is -0.654. The summed E-state index contributed by atoms with van der Waals surface area (Å²) in [4.78, 5) is 21.8. The lowest BCUT2D eigenvalue weighted by Gasteiger charge is -2.13. The zero-order chi connectivity index (χ0) is 18.0. The molecule has 4 nitrogen and oxygen atoms in total. The average molecular weight is 334 g/mol. The number of hydrogen-bond acceptors (Lipinski definition) is 4. The van der Waals surface area contributed by atoms with Gasteiger partial charge in [-0.25, -0.2) is 4.79 Å². The van der Waals surface area contributed by atoms with Crippen LogP contribution in [0, 0.1) is 13.8 Å². The van der Waals surface area contributed by atoms with Crippen molar-refractivity contribution >= 4 is 23.2 Å². The van der Waals surface area contributed by atoms with E-state index < -0.39 is 5.97 Å². The van der Waals surface area contributed by atoms with Gasteiger partial charge < -0.3 is 9.47 Å². The Hall–Kier alpha value is -3.14. The summed E-state index contributed by atoms with van der Waals surface area (Å²) >= 11 is 0. The van der Waals surface area contributed by atoms with Crippen LogP contribution in [0.4, 0.5) is 0 Å². The largest absolute Gasteiger partial charge is 0.496 e. The smallest absolute Gasteiger partial charge is 0.345 e. The lowest BCUT2D eigenvalue weighted by molar-refractivity contribution is -0.123. The molecular formula is C21H18O4. The van der Waals surface area contributed by atoms with Crippen molar-refractivity contribution in [2.75, 3.05) is 7.11 Å². The van der Waals surface area contributed by atoms with Crippen molar-refractivity contribution in [1.82, 2.24) is 0 Å². The second kappa shape index (κ2) is 6.77. The highest BCUT2D eigenvalue weighted by Crippen LogP contribution is 2.33. The number of carbonyl (C=O) groups is 2. The van der Waals surface area contributed by atoms with Crippen LogP contribution >= 0.6 is 0 Å². The highest BCUT2D eigenvalue weighted by atomic mass is 16.6. The van der Waals surface area contributed by atoms with Crippen LogP contribution in [0.2, 0.25) is 0 Å². The number of fused-ring (bicyclic) bond motifs is 1. The maximum absolute atomic E-state index is 11.5. The Balaban J connectivity index is 2.03. The Morgan fingerprint density at radius 2 is 1.60 bits per heavy atom. The molecule has 0 fully saturated rings. The van der Waals surface area contributed by atoms with Gasteiger partial charge in [0.15, 0.2) is 0 Å². The molecule has 0 aromatic heterocycles. The molecule has 4 heteroatoms. The highest BCUT2D eigenvalue weighted by molar-refractivity contribution is 5.95. The Labute approximate surface area is 146 Å². The van der Waals surface area contributed by atoms with E-state index in [2.05, 4.69) is 23.8 Å². The fraction of sp³-hybridized carbons (Fsp3) is 0.143. The van der Waals surface area contributed by atoms with Crippen molar-refractivity contribution in [2.24, 2.45) is 0 Å². The van der Waals surface area contributed by atoms with Gasteiger partial charge in [0.25, 0.3) is 0 Å². The summed E-state index contributed by atoms with van der Waals surface area (Å²) in [7, 11) is 1.68. The average Bonchev–Trinajstić information content (AvgIpc) is 2.64. The second-order valence-corrected chi connectivity index (χ2v) is 5.86. The molecule has 0 aliphatic heterocycles. The normalized spacial score (nSPS) is 10.5. The summed E-state index contributed by atoms with van der Waals surface area (Å²) in [5.74, 6) is 0.231. The van der Waals surface area contributed by atoms with Crippen molar-refractivity contribution in [3.63, 3.8) is 0 Å². The first-order valence-corrected chi connectivity index (χ1v) is 7.88. The zero-order valence-electron chi connectivity index (χ0n) is 14.3. The first-order valence-electron chi connectivity index (χ1n) is 7.88. The number of hydrogen-bond donors (Lipinski definition) is 0. The summed E-state index contributed by atoms with van der Waals surface area (Å²) in [6.07, 6.45) is 0. The van der Waals surface area contributed by atoms with E-state index in [0.717, 1.165) is 33.4 Å². The standard InChI is InChI=1S/C21H18O4/c1-13-10-20(24-3)14(2)18-9-8-17(11-19(13)18)15-4-6-16(7-5-15)21(23)25-12-22/h4-12H,1-3H3. The van der Waals surface area contributed by atoms with Gasteiger partial charge in [0.2, 0.25) is 0 Å². The van der Waals surface area contributed by atoms with E-state index in [4.69, 9.17) is 4.74 Å². The molecule has 0 bridgehead atoms. The molecule has 3 aromatic rings. The third-order valence-corrected chi connectivity index (χ3v) is 4.39. The predicted octanol–water partition coefficient (Wildman–Crippen LogP) is 4.45. The lowest BCUT2D eigenvalue weighted by atomic mass is 9.95. The SMILES string of the molecule is COc1cc(C)c2cc(-c3ccc(C(=O)OC=O)cc3)ccc2c1C. The predicted molar refractivity (Wildman–Crippen MR) is 96.9 cm³/mol. The molecule has 0 saturated heterocycles. The van der Waals surface area contributed by atoms with E-state index in [9.17, 15) is 9.59 Å². The third kappa shape index (κ3) is 3.11. The molecule has 0 spiro atoms. The number of esters is 1. The van der Waals surface area contributed by atoms with Crippen LogP contribution in [-0.2, 0) is 9.53 Å². The molecule has 0 heterocycles. The first-order chi connectivity index (χ1) is 12.0. The maximum atomic E-state index is 11.5. The lowest BCUT2D eigenvalue weighted by Crippen LogP contribution is -2.02. The van der Waals surface area contributed by atoms with Gasteiger partial charge in [-0.1, -0.05) is 24.3 Å². The molecule has 3 aromatic carbocycles.